The molecule has 0 N–H and O–H groups in total. The fraction of sp³-hybridized carbons (Fsp3) is 0.0882. The zero-order chi connectivity index (χ0) is 25.5. The van der Waals surface area contributed by atoms with E-state index in [1.54, 1.807) is 12.2 Å². The number of hydrogen-bond donors (Lipinski definition) is 0. The molecule has 1 aliphatic rings. The molecule has 1 aliphatic carbocycles. The Labute approximate surface area is 217 Å². The molecule has 3 nitrogen and oxygen atoms in total. The van der Waals surface area contributed by atoms with Crippen LogP contribution in [0.25, 0.3) is 11.6 Å². The standard InChI is InChI=1S/C34H27NO2/c36-32(22-19-25-11-4-1-5-12-25)31-21-20-29(24-33(31)37)28-17-10-18-30(23-28)35-34(26-13-6-2-7-14-26)27-15-8-3-9-16-27/h1-19,22-24,31H,20-21H2. The molecule has 4 aromatic rings. The van der Waals surface area contributed by atoms with Crippen LogP contribution in [0.3, 0.4) is 0 Å². The van der Waals surface area contributed by atoms with E-state index in [-0.39, 0.29) is 11.6 Å². The van der Waals surface area contributed by atoms with Gasteiger partial charge in [0.2, 0.25) is 0 Å². The first-order chi connectivity index (χ1) is 18.2. The molecular formula is C34H27NO2. The van der Waals surface area contributed by atoms with Crippen LogP contribution in [-0.2, 0) is 9.59 Å². The summed E-state index contributed by atoms with van der Waals surface area (Å²) in [4.78, 5) is 30.6. The van der Waals surface area contributed by atoms with Crippen molar-refractivity contribution in [2.45, 2.75) is 12.8 Å². The Morgan fingerprint density at radius 2 is 1.38 bits per heavy atom. The Bertz CT molecular complexity index is 1440. The zero-order valence-corrected chi connectivity index (χ0v) is 20.5. The summed E-state index contributed by atoms with van der Waals surface area (Å²) < 4.78 is 0. The Morgan fingerprint density at radius 1 is 0.757 bits per heavy atom. The van der Waals surface area contributed by atoms with Crippen molar-refractivity contribution in [1.82, 2.24) is 0 Å². The van der Waals surface area contributed by atoms with Crippen LogP contribution in [0, 0.1) is 5.92 Å². The van der Waals surface area contributed by atoms with Crippen LogP contribution in [-0.4, -0.2) is 17.3 Å². The van der Waals surface area contributed by atoms with Crippen LogP contribution < -0.4 is 0 Å². The van der Waals surface area contributed by atoms with Gasteiger partial charge in [-0.2, -0.15) is 0 Å². The van der Waals surface area contributed by atoms with E-state index >= 15 is 0 Å². The van der Waals surface area contributed by atoms with E-state index < -0.39 is 5.92 Å². The lowest BCUT2D eigenvalue weighted by atomic mass is 9.83. The van der Waals surface area contributed by atoms with Crippen LogP contribution in [0.1, 0.15) is 35.1 Å². The summed E-state index contributed by atoms with van der Waals surface area (Å²) in [5.74, 6) is -0.891. The van der Waals surface area contributed by atoms with Crippen LogP contribution in [0.4, 0.5) is 5.69 Å². The second-order valence-corrected chi connectivity index (χ2v) is 9.05. The predicted octanol–water partition coefficient (Wildman–Crippen LogP) is 7.50. The van der Waals surface area contributed by atoms with E-state index in [4.69, 9.17) is 4.99 Å². The van der Waals surface area contributed by atoms with E-state index in [0.29, 0.717) is 12.8 Å². The molecule has 4 aromatic carbocycles. The molecular weight excluding hydrogens is 454 g/mol. The summed E-state index contributed by atoms with van der Waals surface area (Å²) in [5, 5.41) is 0. The first-order valence-electron chi connectivity index (χ1n) is 12.5. The Morgan fingerprint density at radius 3 is 2.00 bits per heavy atom. The Hall–Kier alpha value is -4.63. The van der Waals surface area contributed by atoms with Crippen molar-refractivity contribution >= 4 is 34.6 Å². The molecule has 1 atom stereocenters. The lowest BCUT2D eigenvalue weighted by molar-refractivity contribution is -0.127. The number of rotatable bonds is 7. The van der Waals surface area contributed by atoms with Crippen molar-refractivity contribution in [3.63, 3.8) is 0 Å². The van der Waals surface area contributed by atoms with E-state index in [1.165, 1.54) is 6.08 Å². The molecule has 0 amide bonds. The van der Waals surface area contributed by atoms with Gasteiger partial charge in [-0.05, 0) is 53.8 Å². The summed E-state index contributed by atoms with van der Waals surface area (Å²) >= 11 is 0. The Balaban J connectivity index is 1.38. The van der Waals surface area contributed by atoms with Gasteiger partial charge in [-0.15, -0.1) is 0 Å². The summed E-state index contributed by atoms with van der Waals surface area (Å²) in [7, 11) is 0. The average Bonchev–Trinajstić information content (AvgIpc) is 2.96. The van der Waals surface area contributed by atoms with Crippen molar-refractivity contribution in [2.75, 3.05) is 0 Å². The third-order valence-corrected chi connectivity index (χ3v) is 6.50. The van der Waals surface area contributed by atoms with Gasteiger partial charge >= 0.3 is 0 Å². The predicted molar refractivity (Wildman–Crippen MR) is 151 cm³/mol. The zero-order valence-electron chi connectivity index (χ0n) is 20.5. The Kier molecular flexibility index (Phi) is 7.42. The third kappa shape index (κ3) is 5.96. The molecule has 0 radical (unpaired) electrons. The summed E-state index contributed by atoms with van der Waals surface area (Å²) in [6.07, 6.45) is 6.11. The summed E-state index contributed by atoms with van der Waals surface area (Å²) in [6, 6.07) is 37.8. The second-order valence-electron chi connectivity index (χ2n) is 9.05. The normalized spacial score (nSPS) is 15.3. The van der Waals surface area contributed by atoms with Gasteiger partial charge in [-0.1, -0.05) is 109 Å². The SMILES string of the molecule is O=C(C=Cc1ccccc1)C1CCC(c2cccc(N=C(c3ccccc3)c3ccccc3)c2)=CC1=O. The fourth-order valence-corrected chi connectivity index (χ4v) is 4.55. The maximum Gasteiger partial charge on any atom is 0.166 e. The van der Waals surface area contributed by atoms with Crippen molar-refractivity contribution < 1.29 is 9.59 Å². The molecule has 0 aromatic heterocycles. The number of ketones is 2. The largest absolute Gasteiger partial charge is 0.294 e. The van der Waals surface area contributed by atoms with Gasteiger partial charge in [0.05, 0.1) is 17.3 Å². The van der Waals surface area contributed by atoms with Crippen LogP contribution in [0.5, 0.6) is 0 Å². The average molecular weight is 482 g/mol. The first-order valence-corrected chi connectivity index (χ1v) is 12.5. The molecule has 0 bridgehead atoms. The van der Waals surface area contributed by atoms with Crippen molar-refractivity contribution in [3.05, 3.63) is 150 Å². The van der Waals surface area contributed by atoms with Crippen LogP contribution >= 0.6 is 0 Å². The first kappa shape index (κ1) is 24.1. The van der Waals surface area contributed by atoms with E-state index in [2.05, 4.69) is 24.3 Å². The molecule has 0 fully saturated rings. The lowest BCUT2D eigenvalue weighted by Crippen LogP contribution is -2.24. The maximum absolute atomic E-state index is 12.9. The molecule has 0 aliphatic heterocycles. The third-order valence-electron chi connectivity index (χ3n) is 6.50. The van der Waals surface area contributed by atoms with Gasteiger partial charge in [0.15, 0.2) is 11.6 Å². The molecule has 180 valence electrons. The topological polar surface area (TPSA) is 46.5 Å². The van der Waals surface area contributed by atoms with E-state index in [0.717, 1.165) is 39.2 Å². The van der Waals surface area contributed by atoms with Gasteiger partial charge < -0.3 is 0 Å². The van der Waals surface area contributed by atoms with Gasteiger partial charge in [-0.25, -0.2) is 4.99 Å². The molecule has 0 heterocycles. The highest BCUT2D eigenvalue weighted by Crippen LogP contribution is 2.31. The summed E-state index contributed by atoms with van der Waals surface area (Å²) in [6.45, 7) is 0. The molecule has 0 saturated heterocycles. The molecule has 37 heavy (non-hydrogen) atoms. The monoisotopic (exact) mass is 481 g/mol. The molecule has 1 unspecified atom stereocenters. The number of allylic oxidation sites excluding steroid dienone is 3. The van der Waals surface area contributed by atoms with Crippen molar-refractivity contribution in [3.8, 4) is 0 Å². The number of carbonyl (C=O) groups excluding carboxylic acids is 2. The second kappa shape index (κ2) is 11.4. The highest BCUT2D eigenvalue weighted by Gasteiger charge is 2.27. The minimum absolute atomic E-state index is 0.132. The molecule has 0 spiro atoms. The molecule has 5 rings (SSSR count). The van der Waals surface area contributed by atoms with Crippen molar-refractivity contribution in [1.29, 1.82) is 0 Å². The molecule has 0 saturated carbocycles. The quantitative estimate of drug-likeness (QED) is 0.156. The number of aliphatic imine (C=N–C) groups is 1. The van der Waals surface area contributed by atoms with Crippen LogP contribution in [0.2, 0.25) is 0 Å². The van der Waals surface area contributed by atoms with Gasteiger partial charge in [0.1, 0.15) is 0 Å². The van der Waals surface area contributed by atoms with E-state index in [9.17, 15) is 9.59 Å². The number of carbonyl (C=O) groups is 2. The highest BCUT2D eigenvalue weighted by atomic mass is 16.1. The van der Waals surface area contributed by atoms with E-state index in [1.807, 2.05) is 91.0 Å². The van der Waals surface area contributed by atoms with Gasteiger partial charge in [0, 0.05) is 11.1 Å². The number of hydrogen-bond acceptors (Lipinski definition) is 3. The molecule has 3 heteroatoms. The van der Waals surface area contributed by atoms with Crippen LogP contribution in [0.15, 0.2) is 132 Å². The minimum Gasteiger partial charge on any atom is -0.294 e. The van der Waals surface area contributed by atoms with Gasteiger partial charge in [-0.3, -0.25) is 9.59 Å². The maximum atomic E-state index is 12.9. The highest BCUT2D eigenvalue weighted by molar-refractivity contribution is 6.16. The van der Waals surface area contributed by atoms with Gasteiger partial charge in [0.25, 0.3) is 0 Å². The smallest absolute Gasteiger partial charge is 0.166 e. The summed E-state index contributed by atoms with van der Waals surface area (Å²) in [5.41, 5.74) is 6.63. The van der Waals surface area contributed by atoms with Crippen molar-refractivity contribution in [2.24, 2.45) is 10.9 Å². The fourth-order valence-electron chi connectivity index (χ4n) is 4.55. The number of benzene rings is 4. The number of nitrogens with zero attached hydrogens (tertiary/aromatic N) is 1. The minimum atomic E-state index is -0.618. The lowest BCUT2D eigenvalue weighted by Gasteiger charge is -2.19.